The summed E-state index contributed by atoms with van der Waals surface area (Å²) in [5, 5.41) is 14.3. The van der Waals surface area contributed by atoms with Crippen LogP contribution in [0.3, 0.4) is 0 Å². The van der Waals surface area contributed by atoms with Crippen LogP contribution in [0.1, 0.15) is 16.7 Å². The lowest BCUT2D eigenvalue weighted by Crippen LogP contribution is -2.19. The molecule has 3 aromatic heterocycles. The van der Waals surface area contributed by atoms with Gasteiger partial charge in [-0.05, 0) is 26.0 Å². The third-order valence-corrected chi connectivity index (χ3v) is 4.24. The van der Waals surface area contributed by atoms with Crippen LogP contribution < -0.4 is 10.6 Å². The van der Waals surface area contributed by atoms with Crippen molar-refractivity contribution in [2.24, 2.45) is 0 Å². The van der Waals surface area contributed by atoms with Crippen molar-refractivity contribution in [1.29, 1.82) is 0 Å². The maximum absolute atomic E-state index is 4.49. The SMILES string of the molecule is CNc1nc(NC(C)Cc2ccc(C)s2)c2cn[nH]c2n1. The first-order chi connectivity index (χ1) is 10.2. The number of hydrogen-bond donors (Lipinski definition) is 3. The van der Waals surface area contributed by atoms with Gasteiger partial charge in [0, 0.05) is 29.3 Å². The molecule has 3 N–H and O–H groups in total. The van der Waals surface area contributed by atoms with Gasteiger partial charge in [0.2, 0.25) is 5.95 Å². The molecule has 0 aliphatic carbocycles. The van der Waals surface area contributed by atoms with Crippen molar-refractivity contribution in [1.82, 2.24) is 20.2 Å². The quantitative estimate of drug-likeness (QED) is 0.675. The smallest absolute Gasteiger partial charge is 0.226 e. The van der Waals surface area contributed by atoms with Crippen molar-refractivity contribution in [2.75, 3.05) is 17.7 Å². The van der Waals surface area contributed by atoms with Gasteiger partial charge in [0.1, 0.15) is 5.82 Å². The number of anilines is 2. The number of nitrogens with one attached hydrogen (secondary N) is 3. The molecule has 110 valence electrons. The van der Waals surface area contributed by atoms with Crippen LogP contribution in [0.4, 0.5) is 11.8 Å². The predicted octanol–water partition coefficient (Wildman–Crippen LogP) is 2.81. The fraction of sp³-hybridized carbons (Fsp3) is 0.357. The summed E-state index contributed by atoms with van der Waals surface area (Å²) in [7, 11) is 1.80. The lowest BCUT2D eigenvalue weighted by molar-refractivity contribution is 0.796. The number of aromatic nitrogens is 4. The molecular weight excluding hydrogens is 284 g/mol. The Morgan fingerprint density at radius 3 is 2.90 bits per heavy atom. The maximum atomic E-state index is 4.49. The molecule has 6 nitrogen and oxygen atoms in total. The van der Waals surface area contributed by atoms with E-state index in [0.717, 1.165) is 23.3 Å². The van der Waals surface area contributed by atoms with Crippen LogP contribution >= 0.6 is 11.3 Å². The fourth-order valence-corrected chi connectivity index (χ4v) is 3.26. The Labute approximate surface area is 127 Å². The van der Waals surface area contributed by atoms with Crippen LogP contribution in [0.25, 0.3) is 11.0 Å². The molecule has 0 aromatic carbocycles. The summed E-state index contributed by atoms with van der Waals surface area (Å²) in [6.07, 6.45) is 2.72. The van der Waals surface area contributed by atoms with Crippen molar-refractivity contribution in [3.05, 3.63) is 28.1 Å². The molecule has 1 unspecified atom stereocenters. The normalized spacial score (nSPS) is 12.5. The minimum absolute atomic E-state index is 0.278. The van der Waals surface area contributed by atoms with Crippen LogP contribution in [-0.2, 0) is 6.42 Å². The van der Waals surface area contributed by atoms with E-state index in [9.17, 15) is 0 Å². The third-order valence-electron chi connectivity index (χ3n) is 3.22. The zero-order valence-corrected chi connectivity index (χ0v) is 13.1. The second-order valence-electron chi connectivity index (χ2n) is 5.04. The zero-order valence-electron chi connectivity index (χ0n) is 12.3. The van der Waals surface area contributed by atoms with Gasteiger partial charge in [0.25, 0.3) is 0 Å². The first-order valence-corrected chi connectivity index (χ1v) is 7.68. The van der Waals surface area contributed by atoms with Crippen molar-refractivity contribution in [3.63, 3.8) is 0 Å². The molecule has 0 fully saturated rings. The number of H-pyrrole nitrogens is 1. The van der Waals surface area contributed by atoms with Crippen molar-refractivity contribution in [3.8, 4) is 0 Å². The molecule has 0 saturated carbocycles. The summed E-state index contributed by atoms with van der Waals surface area (Å²) in [4.78, 5) is 11.5. The van der Waals surface area contributed by atoms with Gasteiger partial charge in [-0.2, -0.15) is 15.1 Å². The van der Waals surface area contributed by atoms with Gasteiger partial charge in [0.15, 0.2) is 5.65 Å². The van der Waals surface area contributed by atoms with E-state index in [1.807, 2.05) is 11.3 Å². The van der Waals surface area contributed by atoms with Crippen LogP contribution in [0.15, 0.2) is 18.3 Å². The van der Waals surface area contributed by atoms with Gasteiger partial charge >= 0.3 is 0 Å². The van der Waals surface area contributed by atoms with Gasteiger partial charge < -0.3 is 10.6 Å². The maximum Gasteiger partial charge on any atom is 0.226 e. The summed E-state index contributed by atoms with van der Waals surface area (Å²) in [6, 6.07) is 4.62. The number of nitrogens with zero attached hydrogens (tertiary/aromatic N) is 3. The Hall–Kier alpha value is -2.15. The van der Waals surface area contributed by atoms with E-state index in [4.69, 9.17) is 0 Å². The Morgan fingerprint density at radius 2 is 2.19 bits per heavy atom. The highest BCUT2D eigenvalue weighted by Crippen LogP contribution is 2.22. The Kier molecular flexibility index (Phi) is 3.74. The summed E-state index contributed by atoms with van der Waals surface area (Å²) in [5.41, 5.74) is 0.732. The Bertz CT molecular complexity index is 747. The molecule has 0 saturated heterocycles. The van der Waals surface area contributed by atoms with E-state index in [1.54, 1.807) is 13.2 Å². The lowest BCUT2D eigenvalue weighted by atomic mass is 10.2. The van der Waals surface area contributed by atoms with E-state index in [-0.39, 0.29) is 6.04 Å². The number of thiophene rings is 1. The highest BCUT2D eigenvalue weighted by Gasteiger charge is 2.12. The summed E-state index contributed by atoms with van der Waals surface area (Å²) in [6.45, 7) is 4.28. The second-order valence-corrected chi connectivity index (χ2v) is 6.41. The van der Waals surface area contributed by atoms with Crippen molar-refractivity contribution in [2.45, 2.75) is 26.3 Å². The number of aromatic amines is 1. The first kappa shape index (κ1) is 13.8. The molecule has 3 rings (SSSR count). The van der Waals surface area contributed by atoms with E-state index in [0.29, 0.717) is 5.95 Å². The lowest BCUT2D eigenvalue weighted by Gasteiger charge is -2.14. The van der Waals surface area contributed by atoms with E-state index >= 15 is 0 Å². The monoisotopic (exact) mass is 302 g/mol. The van der Waals surface area contributed by atoms with Crippen molar-refractivity contribution >= 4 is 34.1 Å². The standard InChI is InChI=1S/C14H18N6S/c1-8(6-10-5-4-9(2)21-10)17-12-11-7-16-20-13(11)19-14(15-3)18-12/h4-5,7-8H,6H2,1-3H3,(H3,15,16,17,18,19,20). The Morgan fingerprint density at radius 1 is 1.33 bits per heavy atom. The highest BCUT2D eigenvalue weighted by molar-refractivity contribution is 7.11. The summed E-state index contributed by atoms with van der Waals surface area (Å²) >= 11 is 1.84. The fourth-order valence-electron chi connectivity index (χ4n) is 2.24. The van der Waals surface area contributed by atoms with Gasteiger partial charge in [-0.3, -0.25) is 5.10 Å². The van der Waals surface area contributed by atoms with Gasteiger partial charge in [-0.1, -0.05) is 0 Å². The van der Waals surface area contributed by atoms with Crippen LogP contribution in [0, 0.1) is 6.92 Å². The van der Waals surface area contributed by atoms with E-state index in [2.05, 4.69) is 56.8 Å². The largest absolute Gasteiger partial charge is 0.366 e. The van der Waals surface area contributed by atoms with Crippen LogP contribution in [0.2, 0.25) is 0 Å². The summed E-state index contributed by atoms with van der Waals surface area (Å²) < 4.78 is 0. The van der Waals surface area contributed by atoms with E-state index < -0.39 is 0 Å². The molecule has 21 heavy (non-hydrogen) atoms. The number of aryl methyl sites for hydroxylation is 1. The minimum atomic E-state index is 0.278. The third kappa shape index (κ3) is 2.97. The van der Waals surface area contributed by atoms with Crippen LogP contribution in [-0.4, -0.2) is 33.3 Å². The minimum Gasteiger partial charge on any atom is -0.366 e. The second kappa shape index (κ2) is 5.69. The topological polar surface area (TPSA) is 78.5 Å². The molecule has 3 aromatic rings. The highest BCUT2D eigenvalue weighted by atomic mass is 32.1. The molecule has 0 bridgehead atoms. The molecule has 0 spiro atoms. The number of fused-ring (bicyclic) bond motifs is 1. The first-order valence-electron chi connectivity index (χ1n) is 6.86. The average molecular weight is 302 g/mol. The van der Waals surface area contributed by atoms with Gasteiger partial charge in [0.05, 0.1) is 11.6 Å². The summed E-state index contributed by atoms with van der Waals surface area (Å²) in [5.74, 6) is 1.38. The predicted molar refractivity (Wildman–Crippen MR) is 87.1 cm³/mol. The van der Waals surface area contributed by atoms with Gasteiger partial charge in [-0.25, -0.2) is 0 Å². The molecule has 0 aliphatic rings. The molecule has 0 radical (unpaired) electrons. The molecular formula is C14H18N6S. The van der Waals surface area contributed by atoms with Gasteiger partial charge in [-0.15, -0.1) is 11.3 Å². The number of rotatable bonds is 5. The van der Waals surface area contributed by atoms with Crippen LogP contribution in [0.5, 0.6) is 0 Å². The molecule has 3 heterocycles. The molecule has 7 heteroatoms. The molecule has 1 atom stereocenters. The molecule has 0 aliphatic heterocycles. The van der Waals surface area contributed by atoms with Crippen molar-refractivity contribution < 1.29 is 0 Å². The average Bonchev–Trinajstić information content (AvgIpc) is 3.07. The molecule has 0 amide bonds. The zero-order chi connectivity index (χ0) is 14.8. The number of hydrogen-bond acceptors (Lipinski definition) is 6. The Balaban J connectivity index is 1.81. The van der Waals surface area contributed by atoms with E-state index in [1.165, 1.54) is 9.75 Å².